The van der Waals surface area contributed by atoms with Gasteiger partial charge in [-0.2, -0.15) is 22.9 Å². The van der Waals surface area contributed by atoms with Crippen molar-refractivity contribution in [3.8, 4) is 0 Å². The number of nitrogens with one attached hydrogen (secondary N) is 1. The molecule has 0 saturated carbocycles. The van der Waals surface area contributed by atoms with Crippen molar-refractivity contribution in [2.45, 2.75) is 0 Å². The Hall–Kier alpha value is -1.41. The van der Waals surface area contributed by atoms with Gasteiger partial charge in [0.2, 0.25) is 0 Å². The van der Waals surface area contributed by atoms with E-state index >= 15 is 0 Å². The molecular formula is C15H14IN3OS. The van der Waals surface area contributed by atoms with Crippen molar-refractivity contribution >= 4 is 52.5 Å². The summed E-state index contributed by atoms with van der Waals surface area (Å²) in [6, 6.07) is 14.8. The van der Waals surface area contributed by atoms with E-state index in [4.69, 9.17) is 0 Å². The number of carbonyl (C=O) groups excluding carboxylic acids is 1. The molecule has 0 aliphatic heterocycles. The van der Waals surface area contributed by atoms with Gasteiger partial charge >= 0.3 is 0 Å². The Bertz CT molecular complexity index is 626. The van der Waals surface area contributed by atoms with Crippen LogP contribution in [-0.2, 0) is 0 Å². The number of hydrogen-bond donors (Lipinski definition) is 2. The van der Waals surface area contributed by atoms with Gasteiger partial charge in [0.25, 0.3) is 5.91 Å². The lowest BCUT2D eigenvalue weighted by Crippen LogP contribution is -2.25. The lowest BCUT2D eigenvalue weighted by atomic mass is 10.2. The van der Waals surface area contributed by atoms with Crippen LogP contribution in [0.15, 0.2) is 58.8 Å². The molecule has 0 aliphatic carbocycles. The predicted molar refractivity (Wildman–Crippen MR) is 96.0 cm³/mol. The van der Waals surface area contributed by atoms with Gasteiger partial charge in [-0.3, -0.25) is 4.79 Å². The highest BCUT2D eigenvalue weighted by Gasteiger charge is 2.03. The quantitative estimate of drug-likeness (QED) is 0.429. The number of azo groups is 1. The zero-order valence-electron chi connectivity index (χ0n) is 11.2. The van der Waals surface area contributed by atoms with Gasteiger partial charge in [0.15, 0.2) is 0 Å². The third-order valence-corrected chi connectivity index (χ3v) is 3.58. The Kier molecular flexibility index (Phi) is 6.19. The molecule has 0 saturated heterocycles. The van der Waals surface area contributed by atoms with Crippen molar-refractivity contribution in [1.29, 1.82) is 0 Å². The molecule has 4 nitrogen and oxygen atoms in total. The fourth-order valence-electron chi connectivity index (χ4n) is 1.57. The van der Waals surface area contributed by atoms with E-state index in [1.807, 2.05) is 24.3 Å². The maximum absolute atomic E-state index is 11.7. The third kappa shape index (κ3) is 5.13. The van der Waals surface area contributed by atoms with E-state index in [0.717, 1.165) is 9.26 Å². The molecule has 21 heavy (non-hydrogen) atoms. The second-order valence-electron chi connectivity index (χ2n) is 4.20. The van der Waals surface area contributed by atoms with E-state index in [0.29, 0.717) is 23.5 Å². The number of halogens is 1. The van der Waals surface area contributed by atoms with Crippen LogP contribution in [0.3, 0.4) is 0 Å². The first-order valence-electron chi connectivity index (χ1n) is 6.35. The van der Waals surface area contributed by atoms with E-state index in [1.165, 1.54) is 0 Å². The molecule has 0 bridgehead atoms. The maximum Gasteiger partial charge on any atom is 0.251 e. The molecule has 2 aromatic rings. The molecule has 2 aromatic carbocycles. The number of rotatable bonds is 5. The minimum atomic E-state index is -0.106. The summed E-state index contributed by atoms with van der Waals surface area (Å²) in [5.74, 6) is 0.513. The molecule has 0 spiro atoms. The minimum Gasteiger partial charge on any atom is -0.351 e. The van der Waals surface area contributed by atoms with Gasteiger partial charge in [-0.15, -0.1) is 0 Å². The number of thiol groups is 1. The Morgan fingerprint density at radius 3 is 2.05 bits per heavy atom. The van der Waals surface area contributed by atoms with E-state index < -0.39 is 0 Å². The molecule has 0 heterocycles. The molecule has 0 atom stereocenters. The fraction of sp³-hybridized carbons (Fsp3) is 0.133. The number of hydrogen-bond acceptors (Lipinski definition) is 4. The third-order valence-electron chi connectivity index (χ3n) is 2.63. The average molecular weight is 411 g/mol. The Labute approximate surface area is 142 Å². The van der Waals surface area contributed by atoms with Gasteiger partial charge in [-0.25, -0.2) is 0 Å². The van der Waals surface area contributed by atoms with Crippen LogP contribution in [0, 0.1) is 3.57 Å². The molecular weight excluding hydrogens is 397 g/mol. The lowest BCUT2D eigenvalue weighted by Gasteiger charge is -2.02. The van der Waals surface area contributed by atoms with Crippen LogP contribution >= 0.6 is 35.2 Å². The maximum atomic E-state index is 11.7. The molecule has 0 radical (unpaired) electrons. The van der Waals surface area contributed by atoms with Crippen molar-refractivity contribution in [2.24, 2.45) is 10.2 Å². The first kappa shape index (κ1) is 16.0. The number of benzene rings is 2. The highest BCUT2D eigenvalue weighted by molar-refractivity contribution is 14.1. The lowest BCUT2D eigenvalue weighted by molar-refractivity contribution is 0.0956. The molecule has 1 N–H and O–H groups in total. The van der Waals surface area contributed by atoms with Crippen molar-refractivity contribution in [3.05, 3.63) is 57.7 Å². The molecule has 6 heteroatoms. The summed E-state index contributed by atoms with van der Waals surface area (Å²) in [7, 11) is 0. The van der Waals surface area contributed by atoms with Crippen molar-refractivity contribution in [2.75, 3.05) is 12.3 Å². The average Bonchev–Trinajstić information content (AvgIpc) is 2.52. The van der Waals surface area contributed by atoms with E-state index in [1.54, 1.807) is 24.3 Å². The summed E-state index contributed by atoms with van der Waals surface area (Å²) >= 11 is 6.29. The standard InChI is InChI=1S/C15H14IN3OS/c16-12-3-7-14(8-4-12)19-18-13-5-1-11(2-6-13)15(20)17-9-10-21/h1-8,21H,9-10H2,(H,17,20). The van der Waals surface area contributed by atoms with Crippen molar-refractivity contribution in [1.82, 2.24) is 5.32 Å². The second-order valence-corrected chi connectivity index (χ2v) is 5.90. The van der Waals surface area contributed by atoms with E-state index in [2.05, 4.69) is 50.8 Å². The van der Waals surface area contributed by atoms with Gasteiger partial charge in [0, 0.05) is 21.4 Å². The second kappa shape index (κ2) is 8.14. The highest BCUT2D eigenvalue weighted by atomic mass is 127. The number of carbonyl (C=O) groups is 1. The summed E-state index contributed by atoms with van der Waals surface area (Å²) in [6.07, 6.45) is 0. The first-order chi connectivity index (χ1) is 10.2. The number of amides is 1. The van der Waals surface area contributed by atoms with Crippen molar-refractivity contribution in [3.63, 3.8) is 0 Å². The number of nitrogens with zero attached hydrogens (tertiary/aromatic N) is 2. The zero-order valence-corrected chi connectivity index (χ0v) is 14.2. The minimum absolute atomic E-state index is 0.106. The SMILES string of the molecule is O=C(NCCS)c1ccc(N=Nc2ccc(I)cc2)cc1. The molecule has 0 aliphatic rings. The van der Waals surface area contributed by atoms with Gasteiger partial charge < -0.3 is 5.32 Å². The van der Waals surface area contributed by atoms with Crippen LogP contribution in [0.1, 0.15) is 10.4 Å². The molecule has 108 valence electrons. The Morgan fingerprint density at radius 1 is 1.00 bits per heavy atom. The Balaban J connectivity index is 2.02. The molecule has 1 amide bonds. The van der Waals surface area contributed by atoms with Gasteiger partial charge in [0.1, 0.15) is 0 Å². The predicted octanol–water partition coefficient (Wildman–Crippen LogP) is 4.37. The summed E-state index contributed by atoms with van der Waals surface area (Å²) in [6.45, 7) is 0.552. The summed E-state index contributed by atoms with van der Waals surface area (Å²) < 4.78 is 1.16. The molecule has 0 fully saturated rings. The van der Waals surface area contributed by atoms with Crippen LogP contribution < -0.4 is 5.32 Å². The Morgan fingerprint density at radius 2 is 1.52 bits per heavy atom. The van der Waals surface area contributed by atoms with Crippen LogP contribution in [0.5, 0.6) is 0 Å². The van der Waals surface area contributed by atoms with Crippen LogP contribution in [0.4, 0.5) is 11.4 Å². The monoisotopic (exact) mass is 411 g/mol. The first-order valence-corrected chi connectivity index (χ1v) is 8.06. The van der Waals surface area contributed by atoms with E-state index in [-0.39, 0.29) is 5.91 Å². The topological polar surface area (TPSA) is 53.8 Å². The largest absolute Gasteiger partial charge is 0.351 e. The summed E-state index contributed by atoms with van der Waals surface area (Å²) in [5.41, 5.74) is 2.11. The molecule has 2 rings (SSSR count). The van der Waals surface area contributed by atoms with Gasteiger partial charge in [0.05, 0.1) is 11.4 Å². The summed E-state index contributed by atoms with van der Waals surface area (Å²) in [4.78, 5) is 11.7. The van der Waals surface area contributed by atoms with Crippen LogP contribution in [0.25, 0.3) is 0 Å². The molecule has 0 aromatic heterocycles. The summed E-state index contributed by atoms with van der Waals surface area (Å²) in [5, 5.41) is 11.1. The van der Waals surface area contributed by atoms with Gasteiger partial charge in [-0.05, 0) is 71.1 Å². The van der Waals surface area contributed by atoms with Crippen LogP contribution in [0.2, 0.25) is 0 Å². The highest BCUT2D eigenvalue weighted by Crippen LogP contribution is 2.19. The normalized spacial score (nSPS) is 10.8. The fourth-order valence-corrected chi connectivity index (χ4v) is 2.05. The van der Waals surface area contributed by atoms with Crippen LogP contribution in [-0.4, -0.2) is 18.2 Å². The van der Waals surface area contributed by atoms with E-state index in [9.17, 15) is 4.79 Å². The van der Waals surface area contributed by atoms with Crippen molar-refractivity contribution < 1.29 is 4.79 Å². The molecule has 0 unspecified atom stereocenters. The zero-order chi connectivity index (χ0) is 15.1. The van der Waals surface area contributed by atoms with Gasteiger partial charge in [-0.1, -0.05) is 0 Å². The smallest absolute Gasteiger partial charge is 0.251 e.